The molecule has 6 N–H and O–H groups in total. The maximum absolute atomic E-state index is 9.12. The Kier molecular flexibility index (Phi) is 26.8. The summed E-state index contributed by atoms with van der Waals surface area (Å²) in [7, 11) is 0. The summed E-state index contributed by atoms with van der Waals surface area (Å²) < 4.78 is 0. The molecule has 12 nitrogen and oxygen atoms in total. The van der Waals surface area contributed by atoms with Crippen LogP contribution in [0.15, 0.2) is 0 Å². The average Bonchev–Trinajstić information content (AvgIpc) is 2.31. The highest BCUT2D eigenvalue weighted by molar-refractivity contribution is 6.27. The summed E-state index contributed by atoms with van der Waals surface area (Å²) in [5.41, 5.74) is 0. The largest absolute Gasteiger partial charge is 0.483 e. The maximum atomic E-state index is 9.12. The Bertz CT molecular complexity index is 293. The number of hydrogen-bond acceptors (Lipinski definition) is 7. The van der Waals surface area contributed by atoms with Gasteiger partial charge in [-0.05, 0) is 0 Å². The number of carboxylic acid groups (broad SMARTS) is 5. The molecule has 0 heterocycles. The van der Waals surface area contributed by atoms with Gasteiger partial charge in [0.15, 0.2) is 0 Å². The lowest BCUT2D eigenvalue weighted by molar-refractivity contribution is -0.159. The van der Waals surface area contributed by atoms with E-state index < -0.39 is 30.5 Å². The van der Waals surface area contributed by atoms with Crippen LogP contribution < -0.4 is 0 Å². The molecular weight excluding hydrogens is 276 g/mol. The molecule has 0 aromatic rings. The van der Waals surface area contributed by atoms with Crippen LogP contribution in [-0.4, -0.2) is 73.9 Å². The van der Waals surface area contributed by atoms with E-state index in [1.807, 2.05) is 0 Å². The lowest BCUT2D eigenvalue weighted by atomic mass is 10.7. The molecule has 0 saturated carbocycles. The fraction of sp³-hybridized carbons (Fsp3) is 0.143. The minimum atomic E-state index is -1.82. The number of aliphatic hydroxyl groups excluding tert-OH is 1. The van der Waals surface area contributed by atoms with E-state index in [1.54, 1.807) is 0 Å². The molecule has 0 spiro atoms. The van der Waals surface area contributed by atoms with Crippen LogP contribution in [0.4, 0.5) is 0 Å². The van der Waals surface area contributed by atoms with Gasteiger partial charge >= 0.3 is 23.9 Å². The zero-order valence-corrected chi connectivity index (χ0v) is 8.99. The summed E-state index contributed by atoms with van der Waals surface area (Å²) in [5, 5.41) is 44.0. The lowest BCUT2D eigenvalue weighted by Gasteiger charge is -1.72. The molecule has 0 bridgehead atoms. The van der Waals surface area contributed by atoms with E-state index in [-0.39, 0.29) is 12.8 Å². The summed E-state index contributed by atoms with van der Waals surface area (Å²) >= 11 is 0. The topological polar surface area (TPSA) is 224 Å². The van der Waals surface area contributed by atoms with E-state index in [4.69, 9.17) is 59.4 Å². The number of aliphatic carboxylic acids is 4. The summed E-state index contributed by atoms with van der Waals surface area (Å²) in [6.45, 7) is -1.03. The standard InChI is InChI=1S/C2H2O4.C2H4O3.C2H2O3.CH2O2/c3-1(4)2(5)6;2*3-1-2(4)5;2-1-3/h(H,3,4)(H,5,6);3H,1H2,(H,4,5);1H,(H,4,5);1H,(H,2,3). The number of aliphatic hydroxyl groups is 1. The third-order valence-electron chi connectivity index (χ3n) is 0.419. The molecule has 0 aliphatic carbocycles. The molecule has 0 aromatic carbocycles. The first-order valence-electron chi connectivity index (χ1n) is 3.65. The van der Waals surface area contributed by atoms with E-state index in [2.05, 4.69) is 0 Å². The van der Waals surface area contributed by atoms with Gasteiger partial charge < -0.3 is 30.6 Å². The molecule has 110 valence electrons. The van der Waals surface area contributed by atoms with E-state index in [0.29, 0.717) is 0 Å². The SMILES string of the molecule is O=C(O)C(=O)O.O=C(O)CO.O=CC(=O)O.O=CO. The Morgan fingerprint density at radius 2 is 1.00 bits per heavy atom. The number of carbonyl (C=O) groups is 6. The molecule has 0 aliphatic heterocycles. The second kappa shape index (κ2) is 20.4. The number of rotatable bonds is 2. The molecule has 0 saturated heterocycles. The van der Waals surface area contributed by atoms with Gasteiger partial charge in [0.25, 0.3) is 6.47 Å². The predicted molar refractivity (Wildman–Crippen MR) is 52.4 cm³/mol. The minimum Gasteiger partial charge on any atom is -0.483 e. The second-order valence-corrected chi connectivity index (χ2v) is 1.72. The van der Waals surface area contributed by atoms with Gasteiger partial charge in [-0.2, -0.15) is 0 Å². The summed E-state index contributed by atoms with van der Waals surface area (Å²) in [5.74, 6) is -6.26. The van der Waals surface area contributed by atoms with Crippen molar-refractivity contribution < 1.29 is 59.4 Å². The highest BCUT2D eigenvalue weighted by atomic mass is 16.4. The normalized spacial score (nSPS) is 6.58. The quantitative estimate of drug-likeness (QED) is 0.223. The number of aldehydes is 1. The van der Waals surface area contributed by atoms with E-state index in [0.717, 1.165) is 0 Å². The van der Waals surface area contributed by atoms with Crippen LogP contribution in [0, 0.1) is 0 Å². The monoisotopic (exact) mass is 286 g/mol. The molecule has 0 atom stereocenters. The number of carboxylic acids is 4. The van der Waals surface area contributed by atoms with Gasteiger partial charge in [0.1, 0.15) is 6.61 Å². The summed E-state index contributed by atoms with van der Waals surface area (Å²) in [4.78, 5) is 53.6. The Labute approximate surface area is 104 Å². The van der Waals surface area contributed by atoms with Crippen molar-refractivity contribution >= 4 is 36.6 Å². The molecule has 0 radical (unpaired) electrons. The van der Waals surface area contributed by atoms with Crippen LogP contribution in [0.2, 0.25) is 0 Å². The van der Waals surface area contributed by atoms with Crippen LogP contribution in [0.25, 0.3) is 0 Å². The van der Waals surface area contributed by atoms with Crippen molar-refractivity contribution in [1.29, 1.82) is 0 Å². The van der Waals surface area contributed by atoms with E-state index in [9.17, 15) is 0 Å². The van der Waals surface area contributed by atoms with Crippen LogP contribution in [0.1, 0.15) is 0 Å². The number of carbonyl (C=O) groups excluding carboxylic acids is 1. The fourth-order valence-electron chi connectivity index (χ4n) is 0. The van der Waals surface area contributed by atoms with Crippen LogP contribution in [-0.2, 0) is 28.8 Å². The lowest BCUT2D eigenvalue weighted by Crippen LogP contribution is -2.09. The first kappa shape index (κ1) is 25.0. The molecular formula is C7H10O12. The average molecular weight is 286 g/mol. The second-order valence-electron chi connectivity index (χ2n) is 1.72. The molecule has 0 fully saturated rings. The van der Waals surface area contributed by atoms with Gasteiger partial charge in [-0.1, -0.05) is 0 Å². The Hall–Kier alpha value is -3.02. The predicted octanol–water partition coefficient (Wildman–Crippen LogP) is -2.81. The Balaban J connectivity index is -0.0000000811. The molecule has 0 amide bonds. The maximum Gasteiger partial charge on any atom is 0.414 e. The van der Waals surface area contributed by atoms with Crippen molar-refractivity contribution in [3.63, 3.8) is 0 Å². The number of hydrogen-bond donors (Lipinski definition) is 6. The van der Waals surface area contributed by atoms with E-state index in [1.165, 1.54) is 0 Å². The third-order valence-corrected chi connectivity index (χ3v) is 0.419. The van der Waals surface area contributed by atoms with Crippen LogP contribution in [0.5, 0.6) is 0 Å². The molecule has 0 rings (SSSR count). The van der Waals surface area contributed by atoms with Crippen molar-refractivity contribution in [2.45, 2.75) is 0 Å². The fourth-order valence-corrected chi connectivity index (χ4v) is 0. The molecule has 0 aliphatic rings. The highest BCUT2D eigenvalue weighted by Crippen LogP contribution is 1.56. The van der Waals surface area contributed by atoms with Crippen LogP contribution >= 0.6 is 0 Å². The zero-order chi connectivity index (χ0) is 16.4. The summed E-state index contributed by atoms with van der Waals surface area (Å²) in [6, 6.07) is 0. The minimum absolute atomic E-state index is 0.167. The molecule has 12 heteroatoms. The molecule has 19 heavy (non-hydrogen) atoms. The van der Waals surface area contributed by atoms with Crippen LogP contribution in [0.3, 0.4) is 0 Å². The van der Waals surface area contributed by atoms with Gasteiger partial charge in [0, 0.05) is 0 Å². The first-order valence-corrected chi connectivity index (χ1v) is 3.65. The van der Waals surface area contributed by atoms with Crippen molar-refractivity contribution in [1.82, 2.24) is 0 Å². The summed E-state index contributed by atoms with van der Waals surface area (Å²) in [6.07, 6.45) is -0.167. The first-order chi connectivity index (χ1) is 8.60. The van der Waals surface area contributed by atoms with Gasteiger partial charge in [-0.15, -0.1) is 0 Å². The van der Waals surface area contributed by atoms with Crippen molar-refractivity contribution in [3.05, 3.63) is 0 Å². The van der Waals surface area contributed by atoms with Gasteiger partial charge in [0.05, 0.1) is 0 Å². The van der Waals surface area contributed by atoms with Crippen molar-refractivity contribution in [2.75, 3.05) is 6.61 Å². The Morgan fingerprint density at radius 3 is 1.00 bits per heavy atom. The smallest absolute Gasteiger partial charge is 0.414 e. The third kappa shape index (κ3) is 102. The zero-order valence-electron chi connectivity index (χ0n) is 8.99. The molecule has 0 unspecified atom stereocenters. The molecule has 0 aromatic heterocycles. The Morgan fingerprint density at radius 1 is 0.842 bits per heavy atom. The van der Waals surface area contributed by atoms with Gasteiger partial charge in [-0.3, -0.25) is 9.59 Å². The van der Waals surface area contributed by atoms with Crippen molar-refractivity contribution in [3.8, 4) is 0 Å². The van der Waals surface area contributed by atoms with Gasteiger partial charge in [0.2, 0.25) is 6.29 Å². The highest BCUT2D eigenvalue weighted by Gasteiger charge is 2.04. The van der Waals surface area contributed by atoms with E-state index >= 15 is 0 Å². The van der Waals surface area contributed by atoms with Gasteiger partial charge in [-0.25, -0.2) is 19.2 Å². The van der Waals surface area contributed by atoms with Crippen molar-refractivity contribution in [2.24, 2.45) is 0 Å².